The van der Waals surface area contributed by atoms with Crippen LogP contribution in [0.15, 0.2) is 24.3 Å². The lowest BCUT2D eigenvalue weighted by atomic mass is 10.2. The number of nitrogens with zero attached hydrogens (tertiary/aromatic N) is 1. The third kappa shape index (κ3) is 6.36. The fourth-order valence-corrected chi connectivity index (χ4v) is 1.70. The minimum absolute atomic E-state index is 0.0672. The number of nitriles is 1. The Morgan fingerprint density at radius 1 is 1.35 bits per heavy atom. The number of benzene rings is 1. The molecule has 0 spiro atoms. The SMILES string of the molecule is CCC(C)OC(=O)NC(CCO)C(=O)Nc1ccc(C#N)cc1. The number of hydrogen-bond donors (Lipinski definition) is 3. The highest BCUT2D eigenvalue weighted by Crippen LogP contribution is 2.10. The van der Waals surface area contributed by atoms with Gasteiger partial charge in [0.1, 0.15) is 12.1 Å². The van der Waals surface area contributed by atoms with Gasteiger partial charge < -0.3 is 20.5 Å². The molecule has 0 saturated carbocycles. The van der Waals surface area contributed by atoms with Gasteiger partial charge in [0.15, 0.2) is 0 Å². The van der Waals surface area contributed by atoms with Crippen LogP contribution >= 0.6 is 0 Å². The summed E-state index contributed by atoms with van der Waals surface area (Å²) < 4.78 is 5.06. The first-order valence-electron chi connectivity index (χ1n) is 7.39. The zero-order valence-electron chi connectivity index (χ0n) is 13.2. The van der Waals surface area contributed by atoms with Crippen molar-refractivity contribution in [2.75, 3.05) is 11.9 Å². The molecule has 0 radical (unpaired) electrons. The maximum absolute atomic E-state index is 12.2. The number of alkyl carbamates (subject to hydrolysis) is 1. The summed E-state index contributed by atoms with van der Waals surface area (Å²) in [7, 11) is 0. The smallest absolute Gasteiger partial charge is 0.408 e. The fourth-order valence-electron chi connectivity index (χ4n) is 1.70. The topological polar surface area (TPSA) is 111 Å². The van der Waals surface area contributed by atoms with Gasteiger partial charge in [0.05, 0.1) is 11.6 Å². The first-order valence-corrected chi connectivity index (χ1v) is 7.39. The van der Waals surface area contributed by atoms with E-state index in [0.717, 1.165) is 0 Å². The summed E-state index contributed by atoms with van der Waals surface area (Å²) in [6.07, 6.45) is -0.230. The van der Waals surface area contributed by atoms with Gasteiger partial charge in [-0.2, -0.15) is 5.26 Å². The van der Waals surface area contributed by atoms with Crippen LogP contribution in [0.5, 0.6) is 0 Å². The van der Waals surface area contributed by atoms with E-state index in [2.05, 4.69) is 10.6 Å². The molecule has 2 amide bonds. The Balaban J connectivity index is 2.66. The number of ether oxygens (including phenoxy) is 1. The van der Waals surface area contributed by atoms with Crippen LogP contribution in [0.4, 0.5) is 10.5 Å². The number of nitrogens with one attached hydrogen (secondary N) is 2. The molecule has 0 fully saturated rings. The van der Waals surface area contributed by atoms with E-state index in [0.29, 0.717) is 17.7 Å². The van der Waals surface area contributed by atoms with Gasteiger partial charge in [-0.05, 0) is 44.0 Å². The van der Waals surface area contributed by atoms with Crippen molar-refractivity contribution in [3.05, 3.63) is 29.8 Å². The van der Waals surface area contributed by atoms with Gasteiger partial charge >= 0.3 is 6.09 Å². The molecule has 0 saturated heterocycles. The molecule has 0 aliphatic carbocycles. The third-order valence-electron chi connectivity index (χ3n) is 3.19. The van der Waals surface area contributed by atoms with Crippen molar-refractivity contribution >= 4 is 17.7 Å². The molecule has 1 aromatic rings. The van der Waals surface area contributed by atoms with Crippen LogP contribution in [-0.2, 0) is 9.53 Å². The van der Waals surface area contributed by atoms with E-state index in [-0.39, 0.29) is 19.1 Å². The van der Waals surface area contributed by atoms with Gasteiger partial charge in [-0.15, -0.1) is 0 Å². The van der Waals surface area contributed by atoms with Crippen molar-refractivity contribution < 1.29 is 19.4 Å². The molecule has 7 nitrogen and oxygen atoms in total. The maximum atomic E-state index is 12.2. The Labute approximate surface area is 135 Å². The van der Waals surface area contributed by atoms with Gasteiger partial charge in [0, 0.05) is 12.3 Å². The Bertz CT molecular complexity index is 566. The number of aliphatic hydroxyl groups excluding tert-OH is 1. The molecule has 2 unspecified atom stereocenters. The molecule has 7 heteroatoms. The highest BCUT2D eigenvalue weighted by molar-refractivity contribution is 5.96. The van der Waals surface area contributed by atoms with E-state index < -0.39 is 18.0 Å². The molecule has 0 bridgehead atoms. The second-order valence-electron chi connectivity index (χ2n) is 5.01. The molecule has 1 aromatic carbocycles. The second kappa shape index (κ2) is 9.43. The lowest BCUT2D eigenvalue weighted by Gasteiger charge is -2.19. The molecule has 0 aliphatic heterocycles. The van der Waals surface area contributed by atoms with Gasteiger partial charge in [-0.25, -0.2) is 4.79 Å². The number of amides is 2. The van der Waals surface area contributed by atoms with E-state index in [1.165, 1.54) is 0 Å². The first kappa shape index (κ1) is 18.5. The van der Waals surface area contributed by atoms with Gasteiger partial charge in [0.2, 0.25) is 5.91 Å². The second-order valence-corrected chi connectivity index (χ2v) is 5.01. The molecule has 23 heavy (non-hydrogen) atoms. The van der Waals surface area contributed by atoms with Crippen LogP contribution < -0.4 is 10.6 Å². The fraction of sp³-hybridized carbons (Fsp3) is 0.438. The third-order valence-corrected chi connectivity index (χ3v) is 3.19. The number of rotatable bonds is 7. The van der Waals surface area contributed by atoms with E-state index in [4.69, 9.17) is 15.1 Å². The summed E-state index contributed by atoms with van der Waals surface area (Å²) in [5, 5.41) is 22.8. The van der Waals surface area contributed by atoms with E-state index in [1.54, 1.807) is 31.2 Å². The van der Waals surface area contributed by atoms with Crippen LogP contribution in [0.1, 0.15) is 32.3 Å². The average Bonchev–Trinajstić information content (AvgIpc) is 2.54. The molecular formula is C16H21N3O4. The molecule has 0 aromatic heterocycles. The van der Waals surface area contributed by atoms with Crippen LogP contribution in [0.3, 0.4) is 0 Å². The highest BCUT2D eigenvalue weighted by Gasteiger charge is 2.22. The zero-order valence-corrected chi connectivity index (χ0v) is 13.2. The Hall–Kier alpha value is -2.59. The Morgan fingerprint density at radius 3 is 2.52 bits per heavy atom. The number of anilines is 1. The molecule has 3 N–H and O–H groups in total. The number of aliphatic hydroxyl groups is 1. The normalized spacial score (nSPS) is 12.6. The first-order chi connectivity index (χ1) is 11.0. The van der Waals surface area contributed by atoms with Crippen LogP contribution in [0.25, 0.3) is 0 Å². The maximum Gasteiger partial charge on any atom is 0.408 e. The van der Waals surface area contributed by atoms with Gasteiger partial charge in [0.25, 0.3) is 0 Å². The quantitative estimate of drug-likeness (QED) is 0.709. The predicted molar refractivity (Wildman–Crippen MR) is 84.6 cm³/mol. The molecule has 0 aliphatic rings. The summed E-state index contributed by atoms with van der Waals surface area (Å²) in [5.41, 5.74) is 0.971. The van der Waals surface area contributed by atoms with Crippen molar-refractivity contribution in [2.24, 2.45) is 0 Å². The van der Waals surface area contributed by atoms with Crippen LogP contribution in [-0.4, -0.2) is 35.9 Å². The predicted octanol–water partition coefficient (Wildman–Crippen LogP) is 1.77. The minimum Gasteiger partial charge on any atom is -0.447 e. The molecule has 1 rings (SSSR count). The largest absolute Gasteiger partial charge is 0.447 e. The van der Waals surface area contributed by atoms with E-state index >= 15 is 0 Å². The lowest BCUT2D eigenvalue weighted by Crippen LogP contribution is -2.45. The molecular weight excluding hydrogens is 298 g/mol. The molecule has 0 heterocycles. The standard InChI is InChI=1S/C16H21N3O4/c1-3-11(2)23-16(22)19-14(8-9-20)15(21)18-13-6-4-12(10-17)5-7-13/h4-7,11,14,20H,3,8-9H2,1-2H3,(H,18,21)(H,19,22). The Morgan fingerprint density at radius 2 is 2.00 bits per heavy atom. The van der Waals surface area contributed by atoms with Crippen LogP contribution in [0, 0.1) is 11.3 Å². The van der Waals surface area contributed by atoms with Crippen molar-refractivity contribution in [3.63, 3.8) is 0 Å². The zero-order chi connectivity index (χ0) is 17.2. The van der Waals surface area contributed by atoms with E-state index in [1.807, 2.05) is 13.0 Å². The average molecular weight is 319 g/mol. The molecule has 2 atom stereocenters. The summed E-state index contributed by atoms with van der Waals surface area (Å²) >= 11 is 0. The summed E-state index contributed by atoms with van der Waals surface area (Å²) in [4.78, 5) is 23.9. The van der Waals surface area contributed by atoms with Crippen molar-refractivity contribution in [1.29, 1.82) is 5.26 Å². The van der Waals surface area contributed by atoms with E-state index in [9.17, 15) is 9.59 Å². The number of hydrogen-bond acceptors (Lipinski definition) is 5. The highest BCUT2D eigenvalue weighted by atomic mass is 16.6. The van der Waals surface area contributed by atoms with Crippen molar-refractivity contribution in [3.8, 4) is 6.07 Å². The number of carbonyl (C=O) groups excluding carboxylic acids is 2. The molecule has 124 valence electrons. The summed E-state index contributed by atoms with van der Waals surface area (Å²) in [6.45, 7) is 3.37. The number of carbonyl (C=O) groups is 2. The van der Waals surface area contributed by atoms with Gasteiger partial charge in [-0.3, -0.25) is 4.79 Å². The van der Waals surface area contributed by atoms with Crippen LogP contribution in [0.2, 0.25) is 0 Å². The van der Waals surface area contributed by atoms with Crippen molar-refractivity contribution in [1.82, 2.24) is 5.32 Å². The van der Waals surface area contributed by atoms with Crippen molar-refractivity contribution in [2.45, 2.75) is 38.8 Å². The lowest BCUT2D eigenvalue weighted by molar-refractivity contribution is -0.118. The summed E-state index contributed by atoms with van der Waals surface area (Å²) in [6, 6.07) is 7.39. The Kier molecular flexibility index (Phi) is 7.57. The minimum atomic E-state index is -0.910. The van der Waals surface area contributed by atoms with Gasteiger partial charge in [-0.1, -0.05) is 6.92 Å². The monoisotopic (exact) mass is 319 g/mol. The summed E-state index contributed by atoms with van der Waals surface area (Å²) in [5.74, 6) is -0.468.